The normalized spacial score (nSPS) is 12.1. The summed E-state index contributed by atoms with van der Waals surface area (Å²) >= 11 is 0. The van der Waals surface area contributed by atoms with Crippen molar-refractivity contribution < 1.29 is 9.32 Å². The lowest BCUT2D eigenvalue weighted by atomic mass is 10.0. The number of benzene rings is 1. The van der Waals surface area contributed by atoms with Crippen LogP contribution in [-0.2, 0) is 6.42 Å². The highest BCUT2D eigenvalue weighted by molar-refractivity contribution is 5.90. The second-order valence-corrected chi connectivity index (χ2v) is 4.43. The highest BCUT2D eigenvalue weighted by Gasteiger charge is 2.14. The van der Waals surface area contributed by atoms with Gasteiger partial charge in [-0.05, 0) is 18.9 Å². The number of nitrogens with zero attached hydrogens (tertiary/aromatic N) is 2. The molecule has 2 aromatic rings. The van der Waals surface area contributed by atoms with Crippen LogP contribution < -0.4 is 11.1 Å². The van der Waals surface area contributed by atoms with Gasteiger partial charge >= 0.3 is 0 Å². The molecule has 6 heteroatoms. The van der Waals surface area contributed by atoms with E-state index in [0.717, 1.165) is 5.56 Å². The highest BCUT2D eigenvalue weighted by atomic mass is 16.5. The number of carbonyl (C=O) groups excluding carboxylic acids is 1. The minimum absolute atomic E-state index is 0.0649. The average Bonchev–Trinajstić information content (AvgIpc) is 2.95. The van der Waals surface area contributed by atoms with Gasteiger partial charge in [-0.3, -0.25) is 4.79 Å². The maximum atomic E-state index is 11.5. The maximum absolute atomic E-state index is 11.5. The van der Waals surface area contributed by atoms with Gasteiger partial charge in [-0.1, -0.05) is 35.5 Å². The Labute approximate surface area is 117 Å². The molecule has 1 atom stereocenters. The van der Waals surface area contributed by atoms with Crippen LogP contribution in [0, 0.1) is 0 Å². The van der Waals surface area contributed by atoms with Gasteiger partial charge in [-0.15, -0.1) is 0 Å². The number of aryl methyl sites for hydroxylation is 1. The second kappa shape index (κ2) is 6.81. The van der Waals surface area contributed by atoms with Gasteiger partial charge in [0.15, 0.2) is 0 Å². The quantitative estimate of drug-likeness (QED) is 0.831. The molecule has 0 fully saturated rings. The molecule has 6 nitrogen and oxygen atoms in total. The highest BCUT2D eigenvalue weighted by Crippen LogP contribution is 2.15. The molecule has 0 aliphatic rings. The SMILES string of the molecule is CCNC(=O)c1noc(CCC(N)c2ccccc2)n1. The number of hydrogen-bond donors (Lipinski definition) is 2. The Morgan fingerprint density at radius 3 is 2.85 bits per heavy atom. The van der Waals surface area contributed by atoms with Gasteiger partial charge in [-0.25, -0.2) is 0 Å². The fourth-order valence-corrected chi connectivity index (χ4v) is 1.83. The van der Waals surface area contributed by atoms with Crippen LogP contribution in [0.1, 0.15) is 41.5 Å². The molecule has 1 aromatic heterocycles. The molecule has 106 valence electrons. The summed E-state index contributed by atoms with van der Waals surface area (Å²) in [7, 11) is 0. The van der Waals surface area contributed by atoms with Crippen molar-refractivity contribution in [1.82, 2.24) is 15.5 Å². The molecule has 0 saturated carbocycles. The number of nitrogens with one attached hydrogen (secondary N) is 1. The molecule has 3 N–H and O–H groups in total. The largest absolute Gasteiger partial charge is 0.349 e. The Morgan fingerprint density at radius 1 is 1.40 bits per heavy atom. The van der Waals surface area contributed by atoms with Gasteiger partial charge in [0, 0.05) is 19.0 Å². The zero-order chi connectivity index (χ0) is 14.4. The summed E-state index contributed by atoms with van der Waals surface area (Å²) in [5.74, 6) is 0.169. The van der Waals surface area contributed by atoms with E-state index in [1.165, 1.54) is 0 Å². The first-order chi connectivity index (χ1) is 9.70. The summed E-state index contributed by atoms with van der Waals surface area (Å²) in [5.41, 5.74) is 7.15. The third-order valence-electron chi connectivity index (χ3n) is 2.91. The molecule has 0 aliphatic heterocycles. The van der Waals surface area contributed by atoms with E-state index in [0.29, 0.717) is 25.3 Å². The van der Waals surface area contributed by atoms with Crippen LogP contribution >= 0.6 is 0 Å². The monoisotopic (exact) mass is 274 g/mol. The van der Waals surface area contributed by atoms with Crippen molar-refractivity contribution in [2.75, 3.05) is 6.54 Å². The van der Waals surface area contributed by atoms with Crippen LogP contribution in [0.4, 0.5) is 0 Å². The Morgan fingerprint density at radius 2 is 2.15 bits per heavy atom. The van der Waals surface area contributed by atoms with Crippen LogP contribution in [0.15, 0.2) is 34.9 Å². The van der Waals surface area contributed by atoms with E-state index in [2.05, 4.69) is 15.5 Å². The molecule has 1 amide bonds. The molecule has 0 spiro atoms. The Bertz CT molecular complexity index is 553. The van der Waals surface area contributed by atoms with Crippen molar-refractivity contribution >= 4 is 5.91 Å². The van der Waals surface area contributed by atoms with Gasteiger partial charge < -0.3 is 15.6 Å². The van der Waals surface area contributed by atoms with Crippen LogP contribution in [-0.4, -0.2) is 22.6 Å². The third-order valence-corrected chi connectivity index (χ3v) is 2.91. The third kappa shape index (κ3) is 3.64. The van der Waals surface area contributed by atoms with Gasteiger partial charge in [0.1, 0.15) is 0 Å². The Kier molecular flexibility index (Phi) is 4.84. The smallest absolute Gasteiger partial charge is 0.292 e. The number of nitrogens with two attached hydrogens (primary N) is 1. The van der Waals surface area contributed by atoms with E-state index in [1.807, 2.05) is 37.3 Å². The summed E-state index contributed by atoms with van der Waals surface area (Å²) < 4.78 is 5.04. The number of hydrogen-bond acceptors (Lipinski definition) is 5. The summed E-state index contributed by atoms with van der Waals surface area (Å²) in [6.45, 7) is 2.36. The van der Waals surface area contributed by atoms with Crippen molar-refractivity contribution in [2.24, 2.45) is 5.73 Å². The molecule has 2 rings (SSSR count). The lowest BCUT2D eigenvalue weighted by Crippen LogP contribution is -2.23. The zero-order valence-corrected chi connectivity index (χ0v) is 11.4. The van der Waals surface area contributed by atoms with E-state index in [1.54, 1.807) is 0 Å². The Balaban J connectivity index is 1.90. The first kappa shape index (κ1) is 14.2. The molecule has 1 aromatic carbocycles. The molecule has 0 saturated heterocycles. The summed E-state index contributed by atoms with van der Waals surface area (Å²) in [5, 5.41) is 6.26. The molecular weight excluding hydrogens is 256 g/mol. The molecule has 1 heterocycles. The van der Waals surface area contributed by atoms with E-state index in [9.17, 15) is 4.79 Å². The van der Waals surface area contributed by atoms with Crippen molar-refractivity contribution in [2.45, 2.75) is 25.8 Å². The minimum Gasteiger partial charge on any atom is -0.349 e. The first-order valence-corrected chi connectivity index (χ1v) is 6.62. The van der Waals surface area contributed by atoms with Crippen molar-refractivity contribution in [3.63, 3.8) is 0 Å². The number of amides is 1. The first-order valence-electron chi connectivity index (χ1n) is 6.62. The van der Waals surface area contributed by atoms with Crippen LogP contribution in [0.2, 0.25) is 0 Å². The molecule has 0 radical (unpaired) electrons. The molecule has 0 aliphatic carbocycles. The van der Waals surface area contributed by atoms with Crippen molar-refractivity contribution in [1.29, 1.82) is 0 Å². The Hall–Kier alpha value is -2.21. The zero-order valence-electron chi connectivity index (χ0n) is 11.4. The summed E-state index contributed by atoms with van der Waals surface area (Å²) in [6, 6.07) is 9.74. The van der Waals surface area contributed by atoms with E-state index >= 15 is 0 Å². The maximum Gasteiger partial charge on any atom is 0.292 e. The number of rotatable bonds is 6. The topological polar surface area (TPSA) is 94.0 Å². The van der Waals surface area contributed by atoms with Crippen molar-refractivity contribution in [3.05, 3.63) is 47.6 Å². The van der Waals surface area contributed by atoms with Gasteiger partial charge in [0.25, 0.3) is 11.7 Å². The second-order valence-electron chi connectivity index (χ2n) is 4.43. The average molecular weight is 274 g/mol. The number of aromatic nitrogens is 2. The number of carbonyl (C=O) groups is 1. The summed E-state index contributed by atoms with van der Waals surface area (Å²) in [4.78, 5) is 15.5. The molecular formula is C14H18N4O2. The molecule has 0 bridgehead atoms. The predicted molar refractivity (Wildman–Crippen MR) is 74.0 cm³/mol. The predicted octanol–water partition coefficient (Wildman–Crippen LogP) is 1.45. The molecule has 20 heavy (non-hydrogen) atoms. The van der Waals surface area contributed by atoms with E-state index in [4.69, 9.17) is 10.3 Å². The fraction of sp³-hybridized carbons (Fsp3) is 0.357. The van der Waals surface area contributed by atoms with E-state index < -0.39 is 0 Å². The van der Waals surface area contributed by atoms with Crippen molar-refractivity contribution in [3.8, 4) is 0 Å². The standard InChI is InChI=1S/C14H18N4O2/c1-2-16-14(19)13-17-12(20-18-13)9-8-11(15)10-6-4-3-5-7-10/h3-7,11H,2,8-9,15H2,1H3,(H,16,19). The van der Waals surface area contributed by atoms with Gasteiger partial charge in [0.2, 0.25) is 5.89 Å². The molecule has 1 unspecified atom stereocenters. The lowest BCUT2D eigenvalue weighted by Gasteiger charge is -2.09. The van der Waals surface area contributed by atoms with Gasteiger partial charge in [0.05, 0.1) is 0 Å². The summed E-state index contributed by atoms with van der Waals surface area (Å²) in [6.07, 6.45) is 1.23. The fourth-order valence-electron chi connectivity index (χ4n) is 1.83. The van der Waals surface area contributed by atoms with Crippen LogP contribution in [0.5, 0.6) is 0 Å². The lowest BCUT2D eigenvalue weighted by molar-refractivity contribution is 0.0942. The van der Waals surface area contributed by atoms with Crippen LogP contribution in [0.25, 0.3) is 0 Å². The van der Waals surface area contributed by atoms with Crippen LogP contribution in [0.3, 0.4) is 0 Å². The minimum atomic E-state index is -0.324. The van der Waals surface area contributed by atoms with E-state index in [-0.39, 0.29) is 17.8 Å². The van der Waals surface area contributed by atoms with Gasteiger partial charge in [-0.2, -0.15) is 4.98 Å².